The Morgan fingerprint density at radius 2 is 1.84 bits per heavy atom. The number of likely N-dealkylation sites (N-methyl/N-ethyl adjacent to an activating group) is 1. The van der Waals surface area contributed by atoms with Gasteiger partial charge in [0.2, 0.25) is 5.91 Å². The van der Waals surface area contributed by atoms with E-state index in [9.17, 15) is 4.79 Å². The zero-order valence-corrected chi connectivity index (χ0v) is 12.4. The van der Waals surface area contributed by atoms with Crippen LogP contribution in [0.15, 0.2) is 0 Å². The maximum Gasteiger partial charge on any atom is 0.236 e. The van der Waals surface area contributed by atoms with Crippen LogP contribution in [0.3, 0.4) is 0 Å². The second-order valence-electron chi connectivity index (χ2n) is 6.07. The molecule has 0 aromatic heterocycles. The van der Waals surface area contributed by atoms with Crippen LogP contribution in [-0.2, 0) is 4.79 Å². The molecule has 0 spiro atoms. The van der Waals surface area contributed by atoms with Gasteiger partial charge in [0.15, 0.2) is 0 Å². The second-order valence-corrected chi connectivity index (χ2v) is 6.07. The third-order valence-corrected chi connectivity index (χ3v) is 4.51. The molecule has 1 aliphatic carbocycles. The fourth-order valence-corrected chi connectivity index (χ4v) is 3.40. The van der Waals surface area contributed by atoms with E-state index in [4.69, 9.17) is 0 Å². The Hall–Kier alpha value is -0.610. The molecule has 0 aromatic carbocycles. The maximum atomic E-state index is 11.9. The van der Waals surface area contributed by atoms with Gasteiger partial charge >= 0.3 is 0 Å². The third kappa shape index (κ3) is 4.77. The van der Waals surface area contributed by atoms with Crippen molar-refractivity contribution in [2.45, 2.75) is 38.5 Å². The van der Waals surface area contributed by atoms with Gasteiger partial charge in [0.1, 0.15) is 0 Å². The Bertz CT molecular complexity index is 277. The van der Waals surface area contributed by atoms with E-state index in [1.54, 1.807) is 0 Å². The lowest BCUT2D eigenvalue weighted by Gasteiger charge is -2.28. The van der Waals surface area contributed by atoms with Gasteiger partial charge in [-0.2, -0.15) is 0 Å². The van der Waals surface area contributed by atoms with Crippen molar-refractivity contribution in [1.29, 1.82) is 0 Å². The SMILES string of the molecule is CNCC(=O)N1CCCN(CC2CCCCC2)CC1. The fraction of sp³-hybridized carbons (Fsp3) is 0.933. The van der Waals surface area contributed by atoms with Gasteiger partial charge in [0.25, 0.3) is 0 Å². The van der Waals surface area contributed by atoms with E-state index in [1.807, 2.05) is 11.9 Å². The number of rotatable bonds is 4. The Morgan fingerprint density at radius 1 is 1.05 bits per heavy atom. The van der Waals surface area contributed by atoms with Crippen LogP contribution in [0.2, 0.25) is 0 Å². The summed E-state index contributed by atoms with van der Waals surface area (Å²) in [7, 11) is 1.84. The van der Waals surface area contributed by atoms with Gasteiger partial charge in [-0.1, -0.05) is 19.3 Å². The van der Waals surface area contributed by atoms with E-state index in [-0.39, 0.29) is 5.91 Å². The van der Waals surface area contributed by atoms with Crippen LogP contribution in [0.1, 0.15) is 38.5 Å². The average molecular weight is 267 g/mol. The Balaban J connectivity index is 1.74. The zero-order chi connectivity index (χ0) is 13.5. The fourth-order valence-electron chi connectivity index (χ4n) is 3.40. The minimum Gasteiger partial charge on any atom is -0.340 e. The molecule has 2 rings (SSSR count). The molecular weight excluding hydrogens is 238 g/mol. The van der Waals surface area contributed by atoms with Crippen molar-refractivity contribution < 1.29 is 4.79 Å². The highest BCUT2D eigenvalue weighted by Gasteiger charge is 2.21. The Kier molecular flexibility index (Phi) is 6.11. The summed E-state index contributed by atoms with van der Waals surface area (Å²) in [5.74, 6) is 1.16. The predicted molar refractivity (Wildman–Crippen MR) is 78.1 cm³/mol. The number of carbonyl (C=O) groups excluding carboxylic acids is 1. The standard InChI is InChI=1S/C15H29N3O/c1-16-12-15(19)18-9-5-8-17(10-11-18)13-14-6-3-2-4-7-14/h14,16H,2-13H2,1H3. The molecule has 4 nitrogen and oxygen atoms in total. The van der Waals surface area contributed by atoms with E-state index in [2.05, 4.69) is 10.2 Å². The Morgan fingerprint density at radius 3 is 2.58 bits per heavy atom. The molecule has 1 amide bonds. The van der Waals surface area contributed by atoms with E-state index >= 15 is 0 Å². The lowest BCUT2D eigenvalue weighted by Crippen LogP contribution is -2.40. The summed E-state index contributed by atoms with van der Waals surface area (Å²) in [6.07, 6.45) is 8.24. The summed E-state index contributed by atoms with van der Waals surface area (Å²) in [6, 6.07) is 0. The quantitative estimate of drug-likeness (QED) is 0.834. The molecule has 0 bridgehead atoms. The molecule has 2 aliphatic rings. The van der Waals surface area contributed by atoms with Crippen LogP contribution < -0.4 is 5.32 Å². The van der Waals surface area contributed by atoms with E-state index in [0.29, 0.717) is 6.54 Å². The van der Waals surface area contributed by atoms with Crippen molar-refractivity contribution >= 4 is 5.91 Å². The van der Waals surface area contributed by atoms with Gasteiger partial charge in [0, 0.05) is 26.2 Å². The minimum absolute atomic E-state index is 0.252. The van der Waals surface area contributed by atoms with Crippen LogP contribution in [0.25, 0.3) is 0 Å². The lowest BCUT2D eigenvalue weighted by atomic mass is 9.89. The molecule has 110 valence electrons. The van der Waals surface area contributed by atoms with Crippen LogP contribution in [-0.4, -0.2) is 62.0 Å². The minimum atomic E-state index is 0.252. The van der Waals surface area contributed by atoms with Gasteiger partial charge in [-0.05, 0) is 38.8 Å². The molecule has 19 heavy (non-hydrogen) atoms. The number of amides is 1. The first-order valence-electron chi connectivity index (χ1n) is 7.94. The third-order valence-electron chi connectivity index (χ3n) is 4.51. The van der Waals surface area contributed by atoms with Gasteiger partial charge in [-0.3, -0.25) is 4.79 Å². The lowest BCUT2D eigenvalue weighted by molar-refractivity contribution is -0.130. The first kappa shape index (κ1) is 14.8. The molecule has 0 unspecified atom stereocenters. The van der Waals surface area contributed by atoms with Crippen molar-refractivity contribution in [3.63, 3.8) is 0 Å². The van der Waals surface area contributed by atoms with Crippen molar-refractivity contribution in [2.24, 2.45) is 5.92 Å². The largest absolute Gasteiger partial charge is 0.340 e. The van der Waals surface area contributed by atoms with Crippen molar-refractivity contribution in [2.75, 3.05) is 46.3 Å². The smallest absolute Gasteiger partial charge is 0.236 e. The summed E-state index contributed by atoms with van der Waals surface area (Å²) in [4.78, 5) is 16.5. The molecule has 4 heteroatoms. The van der Waals surface area contributed by atoms with Gasteiger partial charge in [0.05, 0.1) is 6.54 Å². The van der Waals surface area contributed by atoms with E-state index in [1.165, 1.54) is 45.2 Å². The highest BCUT2D eigenvalue weighted by molar-refractivity contribution is 5.78. The number of nitrogens with one attached hydrogen (secondary N) is 1. The molecule has 1 saturated heterocycles. The van der Waals surface area contributed by atoms with Crippen molar-refractivity contribution in [1.82, 2.24) is 15.1 Å². The van der Waals surface area contributed by atoms with E-state index < -0.39 is 0 Å². The van der Waals surface area contributed by atoms with Crippen LogP contribution >= 0.6 is 0 Å². The molecule has 1 heterocycles. The summed E-state index contributed by atoms with van der Waals surface area (Å²) >= 11 is 0. The molecule has 2 fully saturated rings. The number of hydrogen-bond acceptors (Lipinski definition) is 3. The molecule has 1 aliphatic heterocycles. The average Bonchev–Trinajstić information content (AvgIpc) is 2.66. The predicted octanol–water partition coefficient (Wildman–Crippen LogP) is 1.32. The normalized spacial score (nSPS) is 23.3. The number of carbonyl (C=O) groups is 1. The molecule has 0 atom stereocenters. The Labute approximate surface area is 117 Å². The van der Waals surface area contributed by atoms with Crippen LogP contribution in [0, 0.1) is 5.92 Å². The van der Waals surface area contributed by atoms with Crippen molar-refractivity contribution in [3.05, 3.63) is 0 Å². The highest BCUT2D eigenvalue weighted by atomic mass is 16.2. The summed E-state index contributed by atoms with van der Waals surface area (Å²) in [6.45, 7) is 5.80. The number of hydrogen-bond donors (Lipinski definition) is 1. The van der Waals surface area contributed by atoms with Crippen molar-refractivity contribution in [3.8, 4) is 0 Å². The van der Waals surface area contributed by atoms with Gasteiger partial charge in [-0.25, -0.2) is 0 Å². The topological polar surface area (TPSA) is 35.6 Å². The first-order valence-corrected chi connectivity index (χ1v) is 7.94. The molecule has 0 radical (unpaired) electrons. The first-order chi connectivity index (χ1) is 9.29. The van der Waals surface area contributed by atoms with Gasteiger partial charge < -0.3 is 15.1 Å². The summed E-state index contributed by atoms with van der Waals surface area (Å²) in [5.41, 5.74) is 0. The second kappa shape index (κ2) is 7.85. The van der Waals surface area contributed by atoms with E-state index in [0.717, 1.165) is 32.0 Å². The van der Waals surface area contributed by atoms with Crippen LogP contribution in [0.4, 0.5) is 0 Å². The number of nitrogens with zero attached hydrogens (tertiary/aromatic N) is 2. The highest BCUT2D eigenvalue weighted by Crippen LogP contribution is 2.24. The molecule has 0 aromatic rings. The maximum absolute atomic E-state index is 11.9. The van der Waals surface area contributed by atoms with Crippen LogP contribution in [0.5, 0.6) is 0 Å². The zero-order valence-electron chi connectivity index (χ0n) is 12.4. The van der Waals surface area contributed by atoms with Gasteiger partial charge in [-0.15, -0.1) is 0 Å². The summed E-state index contributed by atoms with van der Waals surface area (Å²) in [5, 5.41) is 2.96. The monoisotopic (exact) mass is 267 g/mol. The summed E-state index contributed by atoms with van der Waals surface area (Å²) < 4.78 is 0. The molecular formula is C15H29N3O. The molecule has 1 saturated carbocycles. The molecule has 1 N–H and O–H groups in total.